The number of furan rings is 1. The maximum absolute atomic E-state index is 10.5. The van der Waals surface area contributed by atoms with Crippen molar-refractivity contribution in [1.29, 1.82) is 0 Å². The zero-order valence-corrected chi connectivity index (χ0v) is 8.28. The summed E-state index contributed by atoms with van der Waals surface area (Å²) in [5.41, 5.74) is 0. The van der Waals surface area contributed by atoms with E-state index in [4.69, 9.17) is 21.1 Å². The van der Waals surface area contributed by atoms with Crippen LogP contribution in [0.25, 0.3) is 10.8 Å². The molecule has 1 aromatic heterocycles. The van der Waals surface area contributed by atoms with Crippen LogP contribution in [0.4, 0.5) is 0 Å². The second kappa shape index (κ2) is 3.47. The number of hydrogen-bond acceptors (Lipinski definition) is 3. The van der Waals surface area contributed by atoms with Crippen molar-refractivity contribution in [2.75, 3.05) is 0 Å². The van der Waals surface area contributed by atoms with Crippen molar-refractivity contribution in [3.05, 3.63) is 29.2 Å². The first-order valence-electron chi connectivity index (χ1n) is 4.19. The van der Waals surface area contributed by atoms with Gasteiger partial charge in [0.1, 0.15) is 24.2 Å². The molecule has 0 saturated heterocycles. The van der Waals surface area contributed by atoms with E-state index in [2.05, 4.69) is 0 Å². The number of phenols is 1. The maximum atomic E-state index is 10.5. The molecule has 2 aromatic rings. The molecule has 0 fully saturated rings. The number of benzene rings is 1. The fraction of sp³-hybridized carbons (Fsp3) is 0.100. The van der Waals surface area contributed by atoms with E-state index in [0.29, 0.717) is 16.5 Å². The highest BCUT2D eigenvalue weighted by Gasteiger charge is 2.13. The van der Waals surface area contributed by atoms with Gasteiger partial charge in [-0.1, -0.05) is 11.6 Å². The molecular formula is C10H7ClO4. The summed E-state index contributed by atoms with van der Waals surface area (Å²) in [6.07, 6.45) is 1.14. The number of aromatic hydroxyl groups is 1. The average molecular weight is 227 g/mol. The third-order valence-electron chi connectivity index (χ3n) is 2.09. The molecule has 1 heterocycles. The van der Waals surface area contributed by atoms with Crippen LogP contribution in [0.15, 0.2) is 22.8 Å². The van der Waals surface area contributed by atoms with Gasteiger partial charge in [0.05, 0.1) is 5.02 Å². The Morgan fingerprint density at radius 2 is 2.13 bits per heavy atom. The predicted molar refractivity (Wildman–Crippen MR) is 54.2 cm³/mol. The van der Waals surface area contributed by atoms with Gasteiger partial charge in [0.25, 0.3) is 0 Å². The minimum Gasteiger partial charge on any atom is -0.506 e. The summed E-state index contributed by atoms with van der Waals surface area (Å²) < 4.78 is 5.09. The summed E-state index contributed by atoms with van der Waals surface area (Å²) >= 11 is 5.82. The van der Waals surface area contributed by atoms with Gasteiger partial charge in [-0.3, -0.25) is 4.79 Å². The molecular weight excluding hydrogens is 220 g/mol. The molecule has 0 aliphatic heterocycles. The number of phenolic OH excluding ortho intramolecular Hbond substituents is 1. The molecule has 0 spiro atoms. The molecule has 4 nitrogen and oxygen atoms in total. The Labute approximate surface area is 89.7 Å². The van der Waals surface area contributed by atoms with Crippen LogP contribution in [-0.2, 0) is 11.2 Å². The van der Waals surface area contributed by atoms with Crippen molar-refractivity contribution in [1.82, 2.24) is 0 Å². The van der Waals surface area contributed by atoms with Crippen molar-refractivity contribution in [3.8, 4) is 5.75 Å². The van der Waals surface area contributed by atoms with Crippen molar-refractivity contribution < 1.29 is 19.4 Å². The lowest BCUT2D eigenvalue weighted by Crippen LogP contribution is -1.98. The zero-order chi connectivity index (χ0) is 11.0. The third kappa shape index (κ3) is 1.64. The Hall–Kier alpha value is -1.68. The molecule has 5 heteroatoms. The molecule has 2 rings (SSSR count). The first-order chi connectivity index (χ1) is 7.09. The van der Waals surface area contributed by atoms with Crippen LogP contribution >= 0.6 is 11.6 Å². The lowest BCUT2D eigenvalue weighted by atomic mass is 10.1. The number of fused-ring (bicyclic) bond motifs is 1. The maximum Gasteiger partial charge on any atom is 0.311 e. The van der Waals surface area contributed by atoms with E-state index in [9.17, 15) is 9.90 Å². The number of hydrogen-bond donors (Lipinski definition) is 2. The average Bonchev–Trinajstić information content (AvgIpc) is 2.55. The third-order valence-corrected chi connectivity index (χ3v) is 2.49. The van der Waals surface area contributed by atoms with E-state index in [-0.39, 0.29) is 17.2 Å². The molecule has 0 bridgehead atoms. The summed E-state index contributed by atoms with van der Waals surface area (Å²) in [6.45, 7) is 0. The van der Waals surface area contributed by atoms with Crippen LogP contribution in [-0.4, -0.2) is 16.2 Å². The predicted octanol–water partition coefficient (Wildman–Crippen LogP) is 2.42. The smallest absolute Gasteiger partial charge is 0.311 e. The van der Waals surface area contributed by atoms with Crippen molar-refractivity contribution in [2.24, 2.45) is 0 Å². The van der Waals surface area contributed by atoms with E-state index < -0.39 is 5.97 Å². The van der Waals surface area contributed by atoms with Crippen molar-refractivity contribution in [3.63, 3.8) is 0 Å². The van der Waals surface area contributed by atoms with Crippen molar-refractivity contribution >= 4 is 28.3 Å². The van der Waals surface area contributed by atoms with Crippen molar-refractivity contribution in [2.45, 2.75) is 6.42 Å². The van der Waals surface area contributed by atoms with Crippen LogP contribution in [0.1, 0.15) is 5.76 Å². The van der Waals surface area contributed by atoms with Crippen LogP contribution in [0.2, 0.25) is 5.02 Å². The van der Waals surface area contributed by atoms with E-state index in [1.807, 2.05) is 0 Å². The van der Waals surface area contributed by atoms with Gasteiger partial charge in [-0.2, -0.15) is 0 Å². The molecule has 15 heavy (non-hydrogen) atoms. The lowest BCUT2D eigenvalue weighted by Gasteiger charge is -1.97. The Morgan fingerprint density at radius 1 is 1.40 bits per heavy atom. The number of rotatable bonds is 2. The summed E-state index contributed by atoms with van der Waals surface area (Å²) in [7, 11) is 0. The standard InChI is InChI=1S/C10H7ClO4/c11-10-6-4-15-8(3-9(13)14)5(6)1-2-7(10)12/h1-2,4,12H,3H2,(H,13,14). The first kappa shape index (κ1) is 9.86. The molecule has 1 aromatic carbocycles. The highest BCUT2D eigenvalue weighted by molar-refractivity contribution is 6.37. The van der Waals surface area contributed by atoms with Gasteiger partial charge in [0.2, 0.25) is 0 Å². The Bertz CT molecular complexity index is 529. The minimum atomic E-state index is -0.976. The van der Waals surface area contributed by atoms with Crippen LogP contribution in [0.3, 0.4) is 0 Å². The summed E-state index contributed by atoms with van der Waals surface area (Å²) in [5, 5.41) is 19.3. The van der Waals surface area contributed by atoms with E-state index in [1.165, 1.54) is 12.3 Å². The summed E-state index contributed by atoms with van der Waals surface area (Å²) in [4.78, 5) is 10.5. The van der Waals surface area contributed by atoms with Gasteiger partial charge >= 0.3 is 5.97 Å². The lowest BCUT2D eigenvalue weighted by molar-refractivity contribution is -0.136. The summed E-state index contributed by atoms with van der Waals surface area (Å²) in [5.74, 6) is -0.693. The number of carbonyl (C=O) groups is 1. The van der Waals surface area contributed by atoms with E-state index in [1.54, 1.807) is 6.07 Å². The number of carboxylic acid groups (broad SMARTS) is 1. The topological polar surface area (TPSA) is 70.7 Å². The SMILES string of the molecule is O=C(O)Cc1occ2c(Cl)c(O)ccc12. The van der Waals surface area contributed by atoms with E-state index >= 15 is 0 Å². The Morgan fingerprint density at radius 3 is 2.80 bits per heavy atom. The monoisotopic (exact) mass is 226 g/mol. The normalized spacial score (nSPS) is 10.7. The van der Waals surface area contributed by atoms with Gasteiger partial charge < -0.3 is 14.6 Å². The molecule has 0 saturated carbocycles. The fourth-order valence-corrected chi connectivity index (χ4v) is 1.62. The molecule has 78 valence electrons. The van der Waals surface area contributed by atoms with Crippen LogP contribution in [0, 0.1) is 0 Å². The number of aliphatic carboxylic acids is 1. The molecule has 0 atom stereocenters. The largest absolute Gasteiger partial charge is 0.506 e. The van der Waals surface area contributed by atoms with E-state index in [0.717, 1.165) is 0 Å². The molecule has 0 amide bonds. The van der Waals surface area contributed by atoms with Crippen LogP contribution in [0.5, 0.6) is 5.75 Å². The molecule has 0 radical (unpaired) electrons. The number of carboxylic acids is 1. The second-order valence-electron chi connectivity index (χ2n) is 3.09. The minimum absolute atomic E-state index is 0.0492. The molecule has 0 aliphatic rings. The molecule has 2 N–H and O–H groups in total. The van der Waals surface area contributed by atoms with Gasteiger partial charge in [-0.25, -0.2) is 0 Å². The number of halogens is 1. The van der Waals surface area contributed by atoms with Gasteiger partial charge in [0.15, 0.2) is 0 Å². The fourth-order valence-electron chi connectivity index (χ4n) is 1.41. The molecule has 0 unspecified atom stereocenters. The summed E-state index contributed by atoms with van der Waals surface area (Å²) in [6, 6.07) is 2.99. The highest BCUT2D eigenvalue weighted by atomic mass is 35.5. The molecule has 0 aliphatic carbocycles. The Kier molecular flexibility index (Phi) is 2.28. The van der Waals surface area contributed by atoms with Gasteiger partial charge in [-0.15, -0.1) is 0 Å². The zero-order valence-electron chi connectivity index (χ0n) is 7.53. The second-order valence-corrected chi connectivity index (χ2v) is 3.47. The quantitative estimate of drug-likeness (QED) is 0.825. The first-order valence-corrected chi connectivity index (χ1v) is 4.56. The highest BCUT2D eigenvalue weighted by Crippen LogP contribution is 2.34. The Balaban J connectivity index is 2.61. The van der Waals surface area contributed by atoms with Gasteiger partial charge in [-0.05, 0) is 12.1 Å². The van der Waals surface area contributed by atoms with Gasteiger partial charge in [0, 0.05) is 10.8 Å². The van der Waals surface area contributed by atoms with Crippen LogP contribution < -0.4 is 0 Å².